The zero-order valence-electron chi connectivity index (χ0n) is 12.8. The molecule has 23 heavy (non-hydrogen) atoms. The first-order chi connectivity index (χ1) is 10.9. The van der Waals surface area contributed by atoms with Gasteiger partial charge < -0.3 is 4.74 Å². The molecule has 0 amide bonds. The van der Waals surface area contributed by atoms with E-state index < -0.39 is 5.97 Å². The van der Waals surface area contributed by atoms with Crippen molar-refractivity contribution in [2.75, 3.05) is 6.61 Å². The summed E-state index contributed by atoms with van der Waals surface area (Å²) in [5.74, 6) is -0.820. The molecule has 0 spiro atoms. The lowest BCUT2D eigenvalue weighted by Crippen LogP contribution is -2.02. The lowest BCUT2D eigenvalue weighted by atomic mass is 10.2. The molecule has 0 aliphatic rings. The molecule has 1 aromatic carbocycles. The lowest BCUT2D eigenvalue weighted by Gasteiger charge is -2.04. The van der Waals surface area contributed by atoms with Gasteiger partial charge in [-0.25, -0.2) is 13.9 Å². The van der Waals surface area contributed by atoms with Gasteiger partial charge in [0.15, 0.2) is 0 Å². The zero-order chi connectivity index (χ0) is 17.0. The van der Waals surface area contributed by atoms with Crippen molar-refractivity contribution >= 4 is 23.6 Å². The standard InChI is InChI=1S/C17H16ClFN2O2/c1-11(18)10-23-17(22)9-8-16-12(2)20-21(13(16)3)15-6-4-14(19)5-7-15/h4-9H,1,10H2,2-3H3/b9-8+. The van der Waals surface area contributed by atoms with Gasteiger partial charge in [-0.15, -0.1) is 0 Å². The van der Waals surface area contributed by atoms with Crippen LogP contribution in [0.25, 0.3) is 11.8 Å². The van der Waals surface area contributed by atoms with Crippen molar-refractivity contribution in [1.29, 1.82) is 0 Å². The first-order valence-electron chi connectivity index (χ1n) is 6.88. The first kappa shape index (κ1) is 17.0. The second-order valence-corrected chi connectivity index (χ2v) is 5.47. The topological polar surface area (TPSA) is 44.1 Å². The van der Waals surface area contributed by atoms with Gasteiger partial charge in [0.2, 0.25) is 0 Å². The number of nitrogens with zero attached hydrogens (tertiary/aromatic N) is 2. The fraction of sp³-hybridized carbons (Fsp3) is 0.176. The quantitative estimate of drug-likeness (QED) is 0.614. The molecule has 0 radical (unpaired) electrons. The summed E-state index contributed by atoms with van der Waals surface area (Å²) >= 11 is 5.54. The van der Waals surface area contributed by atoms with Gasteiger partial charge >= 0.3 is 5.97 Å². The number of hydrogen-bond acceptors (Lipinski definition) is 3. The minimum atomic E-state index is -0.514. The number of rotatable bonds is 5. The smallest absolute Gasteiger partial charge is 0.331 e. The fourth-order valence-corrected chi connectivity index (χ4v) is 2.13. The van der Waals surface area contributed by atoms with Gasteiger partial charge in [-0.3, -0.25) is 0 Å². The van der Waals surface area contributed by atoms with Crippen LogP contribution in [0.2, 0.25) is 0 Å². The average molecular weight is 335 g/mol. The number of carbonyl (C=O) groups excluding carboxylic acids is 1. The van der Waals surface area contributed by atoms with E-state index in [0.29, 0.717) is 0 Å². The number of carbonyl (C=O) groups is 1. The van der Waals surface area contributed by atoms with Crippen molar-refractivity contribution in [2.24, 2.45) is 0 Å². The molecule has 0 aliphatic heterocycles. The highest BCUT2D eigenvalue weighted by Gasteiger charge is 2.11. The molecule has 0 fully saturated rings. The van der Waals surface area contributed by atoms with E-state index in [1.807, 2.05) is 13.8 Å². The van der Waals surface area contributed by atoms with E-state index in [1.165, 1.54) is 18.2 Å². The van der Waals surface area contributed by atoms with Crippen molar-refractivity contribution in [3.8, 4) is 5.69 Å². The molecule has 0 bridgehead atoms. The largest absolute Gasteiger partial charge is 0.457 e. The van der Waals surface area contributed by atoms with E-state index in [0.717, 1.165) is 22.6 Å². The van der Waals surface area contributed by atoms with Crippen LogP contribution in [-0.4, -0.2) is 22.4 Å². The SMILES string of the molecule is C=C(Cl)COC(=O)/C=C/c1c(C)nn(-c2ccc(F)cc2)c1C. The lowest BCUT2D eigenvalue weighted by molar-refractivity contribution is -0.136. The molecule has 0 saturated carbocycles. The van der Waals surface area contributed by atoms with E-state index in [9.17, 15) is 9.18 Å². The summed E-state index contributed by atoms with van der Waals surface area (Å²) in [6.07, 6.45) is 2.95. The minimum absolute atomic E-state index is 0.0302. The van der Waals surface area contributed by atoms with Crippen molar-refractivity contribution in [1.82, 2.24) is 9.78 Å². The van der Waals surface area contributed by atoms with Gasteiger partial charge in [0.05, 0.1) is 11.4 Å². The predicted octanol–water partition coefficient (Wildman–Crippen LogP) is 3.94. The minimum Gasteiger partial charge on any atom is -0.457 e. The van der Waals surface area contributed by atoms with Crippen LogP contribution in [0.3, 0.4) is 0 Å². The number of aryl methyl sites for hydroxylation is 1. The summed E-state index contributed by atoms with van der Waals surface area (Å²) < 4.78 is 19.6. The molecule has 0 unspecified atom stereocenters. The number of aromatic nitrogens is 2. The number of ether oxygens (including phenoxy) is 1. The Kier molecular flexibility index (Phi) is 5.34. The first-order valence-corrected chi connectivity index (χ1v) is 7.26. The Labute approximate surface area is 138 Å². The van der Waals surface area contributed by atoms with Gasteiger partial charge in [-0.05, 0) is 44.2 Å². The van der Waals surface area contributed by atoms with E-state index >= 15 is 0 Å². The molecule has 6 heteroatoms. The monoisotopic (exact) mass is 334 g/mol. The number of esters is 1. The zero-order valence-corrected chi connectivity index (χ0v) is 13.6. The second-order valence-electron chi connectivity index (χ2n) is 4.93. The van der Waals surface area contributed by atoms with Crippen molar-refractivity contribution in [3.05, 3.63) is 64.7 Å². The summed E-state index contributed by atoms with van der Waals surface area (Å²) in [7, 11) is 0. The molecule has 0 saturated heterocycles. The number of halogens is 2. The molecule has 0 N–H and O–H groups in total. The highest BCUT2D eigenvalue weighted by molar-refractivity contribution is 6.29. The van der Waals surface area contributed by atoms with E-state index in [4.69, 9.17) is 16.3 Å². The van der Waals surface area contributed by atoms with E-state index in [1.54, 1.807) is 22.9 Å². The molecule has 0 aliphatic carbocycles. The van der Waals surface area contributed by atoms with Gasteiger partial charge in [0.1, 0.15) is 12.4 Å². The highest BCUT2D eigenvalue weighted by atomic mass is 35.5. The van der Waals surface area contributed by atoms with Gasteiger partial charge in [-0.1, -0.05) is 18.2 Å². The van der Waals surface area contributed by atoms with Gasteiger partial charge in [-0.2, -0.15) is 5.10 Å². The second kappa shape index (κ2) is 7.24. The molecular formula is C17H16ClFN2O2. The summed E-state index contributed by atoms with van der Waals surface area (Å²) in [5.41, 5.74) is 3.13. The van der Waals surface area contributed by atoms with Crippen LogP contribution < -0.4 is 0 Å². The van der Waals surface area contributed by atoms with Crippen LogP contribution in [0.15, 0.2) is 42.0 Å². The summed E-state index contributed by atoms with van der Waals surface area (Å²) in [4.78, 5) is 11.6. The molecule has 2 aromatic rings. The van der Waals surface area contributed by atoms with Gasteiger partial charge in [0, 0.05) is 22.4 Å². The van der Waals surface area contributed by atoms with Crippen LogP contribution in [-0.2, 0) is 9.53 Å². The van der Waals surface area contributed by atoms with Crippen molar-refractivity contribution in [2.45, 2.75) is 13.8 Å². The van der Waals surface area contributed by atoms with E-state index in [2.05, 4.69) is 11.7 Å². The van der Waals surface area contributed by atoms with Crippen LogP contribution in [0.4, 0.5) is 4.39 Å². The molecule has 120 valence electrons. The van der Waals surface area contributed by atoms with Crippen LogP contribution >= 0.6 is 11.6 Å². The third kappa shape index (κ3) is 4.29. The van der Waals surface area contributed by atoms with Crippen molar-refractivity contribution in [3.63, 3.8) is 0 Å². The molecule has 4 nitrogen and oxygen atoms in total. The maximum atomic E-state index is 13.0. The maximum absolute atomic E-state index is 13.0. The van der Waals surface area contributed by atoms with Gasteiger partial charge in [0.25, 0.3) is 0 Å². The maximum Gasteiger partial charge on any atom is 0.331 e. The number of hydrogen-bond donors (Lipinski definition) is 0. The summed E-state index contributed by atoms with van der Waals surface area (Å²) in [5, 5.41) is 4.67. The Bertz CT molecular complexity index is 764. The van der Waals surface area contributed by atoms with E-state index in [-0.39, 0.29) is 17.5 Å². The summed E-state index contributed by atoms with van der Waals surface area (Å²) in [6, 6.07) is 6.03. The Hall–Kier alpha value is -2.40. The molecular weight excluding hydrogens is 319 g/mol. The Morgan fingerprint density at radius 2 is 2.04 bits per heavy atom. The highest BCUT2D eigenvalue weighted by Crippen LogP contribution is 2.19. The molecule has 1 heterocycles. The third-order valence-electron chi connectivity index (χ3n) is 3.18. The Morgan fingerprint density at radius 1 is 1.39 bits per heavy atom. The normalized spacial score (nSPS) is 11.0. The average Bonchev–Trinajstić information content (AvgIpc) is 2.79. The Morgan fingerprint density at radius 3 is 2.65 bits per heavy atom. The predicted molar refractivity (Wildman–Crippen MR) is 88.0 cm³/mol. The molecule has 2 rings (SSSR count). The van der Waals surface area contributed by atoms with Crippen LogP contribution in [0.5, 0.6) is 0 Å². The third-order valence-corrected chi connectivity index (χ3v) is 3.28. The van der Waals surface area contributed by atoms with Crippen molar-refractivity contribution < 1.29 is 13.9 Å². The molecule has 0 atom stereocenters. The summed E-state index contributed by atoms with van der Waals surface area (Å²) in [6.45, 7) is 7.11. The Balaban J connectivity index is 2.22. The van der Waals surface area contributed by atoms with Crippen LogP contribution in [0, 0.1) is 19.7 Å². The number of benzene rings is 1. The molecule has 1 aromatic heterocycles. The van der Waals surface area contributed by atoms with Crippen LogP contribution in [0.1, 0.15) is 17.0 Å². The fourth-order valence-electron chi connectivity index (χ4n) is 2.08.